The van der Waals surface area contributed by atoms with Crippen LogP contribution in [0.25, 0.3) is 0 Å². The van der Waals surface area contributed by atoms with Crippen molar-refractivity contribution in [3.8, 4) is 0 Å². The van der Waals surface area contributed by atoms with Crippen molar-refractivity contribution in [1.29, 1.82) is 0 Å². The topological polar surface area (TPSA) is 83.6 Å². The Kier molecular flexibility index (Phi) is 2.94. The van der Waals surface area contributed by atoms with Crippen LogP contribution in [0.2, 0.25) is 5.82 Å². The first kappa shape index (κ1) is 11.1. The van der Waals surface area contributed by atoms with Crippen molar-refractivity contribution in [2.75, 3.05) is 0 Å². The number of hydrogen-bond donors (Lipinski definition) is 2. The van der Waals surface area contributed by atoms with Gasteiger partial charge in [-0.2, -0.15) is 0 Å². The molecule has 16 heavy (non-hydrogen) atoms. The minimum atomic E-state index is -1.34. The third-order valence-corrected chi connectivity index (χ3v) is 3.09. The summed E-state index contributed by atoms with van der Waals surface area (Å²) in [6, 6.07) is 4.78. The Morgan fingerprint density at radius 3 is 2.75 bits per heavy atom. The zero-order valence-corrected chi connectivity index (χ0v) is 8.67. The molecule has 0 bridgehead atoms. The van der Waals surface area contributed by atoms with Crippen molar-refractivity contribution in [3.63, 3.8) is 0 Å². The first-order valence-electron chi connectivity index (χ1n) is 5.20. The van der Waals surface area contributed by atoms with Gasteiger partial charge in [0, 0.05) is 12.1 Å². The number of fused-ring (bicyclic) bond motifs is 1. The largest absolute Gasteiger partial charge is 0.455 e. The van der Waals surface area contributed by atoms with Gasteiger partial charge in [0.2, 0.25) is 0 Å². The number of non-ortho nitro benzene ring substituents is 1. The summed E-state index contributed by atoms with van der Waals surface area (Å²) in [5.41, 5.74) is 1.99. The summed E-state index contributed by atoms with van der Waals surface area (Å²) >= 11 is 0. The van der Waals surface area contributed by atoms with Gasteiger partial charge in [0.15, 0.2) is 0 Å². The minimum Gasteiger partial charge on any atom is -0.427 e. The second-order valence-corrected chi connectivity index (χ2v) is 4.13. The monoisotopic (exact) mass is 221 g/mol. The summed E-state index contributed by atoms with van der Waals surface area (Å²) in [4.78, 5) is 10.2. The number of rotatable bonds is 2. The molecule has 0 saturated heterocycles. The van der Waals surface area contributed by atoms with E-state index >= 15 is 0 Å². The number of hydrogen-bond acceptors (Lipinski definition) is 4. The Labute approximate surface area is 93.0 Å². The molecule has 0 aliphatic heterocycles. The molecule has 0 amide bonds. The van der Waals surface area contributed by atoms with Crippen LogP contribution in [0.1, 0.15) is 17.5 Å². The van der Waals surface area contributed by atoms with Crippen LogP contribution in [0.4, 0.5) is 5.69 Å². The molecule has 1 aromatic rings. The smallest absolute Gasteiger partial charge is 0.427 e. The molecule has 1 aromatic carbocycles. The maximum atomic E-state index is 10.6. The number of aryl methyl sites for hydroxylation is 1. The first-order chi connectivity index (χ1) is 7.58. The minimum absolute atomic E-state index is 0.0619. The molecule has 1 aliphatic carbocycles. The fraction of sp³-hybridized carbons (Fsp3) is 0.400. The average Bonchev–Trinajstić information content (AvgIpc) is 2.27. The lowest BCUT2D eigenvalue weighted by Gasteiger charge is -2.23. The summed E-state index contributed by atoms with van der Waals surface area (Å²) in [5, 5.41) is 28.8. The molecule has 0 heterocycles. The van der Waals surface area contributed by atoms with Gasteiger partial charge in [0.25, 0.3) is 5.69 Å². The fourth-order valence-electron chi connectivity index (χ4n) is 2.14. The molecule has 2 rings (SSSR count). The van der Waals surface area contributed by atoms with Gasteiger partial charge in [-0.25, -0.2) is 0 Å². The van der Waals surface area contributed by atoms with E-state index in [0.29, 0.717) is 12.8 Å². The van der Waals surface area contributed by atoms with Crippen molar-refractivity contribution in [3.05, 3.63) is 39.4 Å². The summed E-state index contributed by atoms with van der Waals surface area (Å²) in [7, 11) is -1.34. The van der Waals surface area contributed by atoms with Gasteiger partial charge in [-0.3, -0.25) is 10.1 Å². The molecule has 0 fully saturated rings. The molecular formula is C10H12BNO4. The van der Waals surface area contributed by atoms with Crippen molar-refractivity contribution >= 4 is 12.8 Å². The molecule has 84 valence electrons. The highest BCUT2D eigenvalue weighted by atomic mass is 16.6. The van der Waals surface area contributed by atoms with Crippen LogP contribution in [0.3, 0.4) is 0 Å². The van der Waals surface area contributed by atoms with Crippen LogP contribution in [0.15, 0.2) is 18.2 Å². The first-order valence-corrected chi connectivity index (χ1v) is 5.20. The van der Waals surface area contributed by atoms with Crippen LogP contribution in [-0.2, 0) is 12.8 Å². The predicted octanol–water partition coefficient (Wildman–Crippen LogP) is 0.926. The molecule has 0 aromatic heterocycles. The normalized spacial score (nSPS) is 19.0. The van der Waals surface area contributed by atoms with Crippen LogP contribution >= 0.6 is 0 Å². The Morgan fingerprint density at radius 2 is 2.12 bits per heavy atom. The maximum absolute atomic E-state index is 10.6. The van der Waals surface area contributed by atoms with E-state index in [4.69, 9.17) is 10.0 Å². The molecule has 0 saturated carbocycles. The predicted molar refractivity (Wildman–Crippen MR) is 59.1 cm³/mol. The van der Waals surface area contributed by atoms with E-state index in [1.165, 1.54) is 12.1 Å². The standard InChI is InChI=1S/C10H12BNO4/c13-11(14)9-3-1-7-2-4-10(12(15)16)6-8(7)5-9/h2,4,6,9,13-14H,1,3,5H2. The molecule has 0 radical (unpaired) electrons. The second kappa shape index (κ2) is 4.23. The summed E-state index contributed by atoms with van der Waals surface area (Å²) in [6.45, 7) is 0. The highest BCUT2D eigenvalue weighted by molar-refractivity contribution is 6.43. The van der Waals surface area contributed by atoms with Gasteiger partial charge < -0.3 is 10.0 Å². The molecule has 2 N–H and O–H groups in total. The Hall–Kier alpha value is -1.40. The zero-order chi connectivity index (χ0) is 11.7. The summed E-state index contributed by atoms with van der Waals surface area (Å²) in [6.07, 6.45) is 1.95. The fourth-order valence-corrected chi connectivity index (χ4v) is 2.14. The van der Waals surface area contributed by atoms with Gasteiger partial charge in [-0.15, -0.1) is 0 Å². The number of benzene rings is 1. The number of nitrogens with zero attached hydrogens (tertiary/aromatic N) is 1. The van der Waals surface area contributed by atoms with E-state index in [1.807, 2.05) is 0 Å². The number of nitro groups is 1. The lowest BCUT2D eigenvalue weighted by atomic mass is 9.64. The van der Waals surface area contributed by atoms with Crippen LogP contribution in [0, 0.1) is 10.1 Å². The molecule has 1 atom stereocenters. The van der Waals surface area contributed by atoms with Gasteiger partial charge >= 0.3 is 7.12 Å². The SMILES string of the molecule is O=[N+]([O-])c1ccc2c(c1)CC(B(O)O)CC2. The molecule has 1 aliphatic rings. The molecular weight excluding hydrogens is 209 g/mol. The van der Waals surface area contributed by atoms with Crippen molar-refractivity contribution in [2.45, 2.75) is 25.1 Å². The molecule has 6 heteroatoms. The Bertz CT molecular complexity index is 421. The Balaban J connectivity index is 2.28. The van der Waals surface area contributed by atoms with E-state index in [0.717, 1.165) is 17.5 Å². The second-order valence-electron chi connectivity index (χ2n) is 4.13. The van der Waals surface area contributed by atoms with Crippen LogP contribution in [-0.4, -0.2) is 22.1 Å². The van der Waals surface area contributed by atoms with Gasteiger partial charge in [0.05, 0.1) is 4.92 Å². The lowest BCUT2D eigenvalue weighted by molar-refractivity contribution is -0.384. The van der Waals surface area contributed by atoms with Gasteiger partial charge in [-0.05, 0) is 36.2 Å². The number of nitro benzene ring substituents is 1. The molecule has 5 nitrogen and oxygen atoms in total. The lowest BCUT2D eigenvalue weighted by Crippen LogP contribution is -2.25. The third-order valence-electron chi connectivity index (χ3n) is 3.09. The molecule has 0 spiro atoms. The van der Waals surface area contributed by atoms with Crippen LogP contribution in [0.5, 0.6) is 0 Å². The van der Waals surface area contributed by atoms with E-state index in [-0.39, 0.29) is 11.5 Å². The maximum Gasteiger partial charge on any atom is 0.455 e. The van der Waals surface area contributed by atoms with Crippen LogP contribution < -0.4 is 0 Å². The Morgan fingerprint density at radius 1 is 1.38 bits per heavy atom. The van der Waals surface area contributed by atoms with Gasteiger partial charge in [-0.1, -0.05) is 6.07 Å². The van der Waals surface area contributed by atoms with E-state index < -0.39 is 12.0 Å². The van der Waals surface area contributed by atoms with Crippen molar-refractivity contribution in [1.82, 2.24) is 0 Å². The highest BCUT2D eigenvalue weighted by Crippen LogP contribution is 2.32. The van der Waals surface area contributed by atoms with E-state index in [1.54, 1.807) is 6.07 Å². The zero-order valence-electron chi connectivity index (χ0n) is 8.67. The van der Waals surface area contributed by atoms with Crippen molar-refractivity contribution < 1.29 is 15.0 Å². The molecule has 1 unspecified atom stereocenters. The highest BCUT2D eigenvalue weighted by Gasteiger charge is 2.28. The van der Waals surface area contributed by atoms with Gasteiger partial charge in [0.1, 0.15) is 0 Å². The van der Waals surface area contributed by atoms with Crippen molar-refractivity contribution in [2.24, 2.45) is 0 Å². The quantitative estimate of drug-likeness (QED) is 0.442. The van der Waals surface area contributed by atoms with E-state index in [2.05, 4.69) is 0 Å². The summed E-state index contributed by atoms with van der Waals surface area (Å²) < 4.78 is 0. The average molecular weight is 221 g/mol. The van der Waals surface area contributed by atoms with E-state index in [9.17, 15) is 10.1 Å². The summed E-state index contributed by atoms with van der Waals surface area (Å²) in [5.74, 6) is -0.213. The third kappa shape index (κ3) is 2.07.